The predicted octanol–water partition coefficient (Wildman–Crippen LogP) is 4.69. The lowest BCUT2D eigenvalue weighted by Gasteiger charge is -2.11. The van der Waals surface area contributed by atoms with Gasteiger partial charge in [0.05, 0.1) is 16.6 Å². The van der Waals surface area contributed by atoms with Gasteiger partial charge in [0.2, 0.25) is 0 Å². The summed E-state index contributed by atoms with van der Waals surface area (Å²) in [6.45, 7) is 0. The van der Waals surface area contributed by atoms with Gasteiger partial charge in [-0.3, -0.25) is 4.98 Å². The van der Waals surface area contributed by atoms with E-state index in [0.717, 1.165) is 10.9 Å². The second kappa shape index (κ2) is 4.49. The molecule has 0 atom stereocenters. The highest BCUT2D eigenvalue weighted by atomic mass is 32.1. The fourth-order valence-electron chi connectivity index (χ4n) is 2.05. The maximum Gasteiger partial charge on any atom is 0.418 e. The minimum absolute atomic E-state index is 0.103. The molecule has 0 unspecified atom stereocenters. The first kappa shape index (κ1) is 12.9. The summed E-state index contributed by atoms with van der Waals surface area (Å²) in [7, 11) is 0. The molecule has 2 heterocycles. The van der Waals surface area contributed by atoms with Gasteiger partial charge in [-0.2, -0.15) is 13.2 Å². The summed E-state index contributed by atoms with van der Waals surface area (Å²) in [4.78, 5) is 4.65. The molecule has 6 heteroatoms. The highest BCUT2D eigenvalue weighted by Gasteiger charge is 2.33. The maximum absolute atomic E-state index is 12.9. The molecule has 0 aliphatic heterocycles. The summed E-state index contributed by atoms with van der Waals surface area (Å²) >= 11 is 1.39. The van der Waals surface area contributed by atoms with Crippen LogP contribution in [0.15, 0.2) is 41.9 Å². The second-order valence-electron chi connectivity index (χ2n) is 4.20. The average Bonchev–Trinajstić information content (AvgIpc) is 2.91. The molecule has 0 saturated heterocycles. The van der Waals surface area contributed by atoms with Crippen molar-refractivity contribution < 1.29 is 18.3 Å². The molecule has 2 aromatic heterocycles. The summed E-state index contributed by atoms with van der Waals surface area (Å²) in [6, 6.07) is 7.24. The van der Waals surface area contributed by atoms with E-state index in [1.807, 2.05) is 5.38 Å². The minimum atomic E-state index is -4.50. The van der Waals surface area contributed by atoms with Crippen molar-refractivity contribution in [3.05, 3.63) is 47.5 Å². The lowest BCUT2D eigenvalue weighted by atomic mass is 10.1. The van der Waals surface area contributed by atoms with Crippen LogP contribution in [0, 0.1) is 0 Å². The fraction of sp³-hybridized carbons (Fsp3) is 0.0714. The number of thiophene rings is 1. The summed E-state index contributed by atoms with van der Waals surface area (Å²) < 4.78 is 38.7. The van der Waals surface area contributed by atoms with Crippen LogP contribution in [-0.2, 0) is 6.18 Å². The normalized spacial score (nSPS) is 11.9. The number of para-hydroxylation sites is 1. The van der Waals surface area contributed by atoms with Crippen molar-refractivity contribution in [3.63, 3.8) is 0 Å². The van der Waals surface area contributed by atoms with Gasteiger partial charge >= 0.3 is 6.18 Å². The summed E-state index contributed by atoms with van der Waals surface area (Å²) in [5.41, 5.74) is -0.646. The third kappa shape index (κ3) is 2.02. The Balaban J connectivity index is 2.30. The molecule has 0 saturated carbocycles. The molecule has 0 aliphatic carbocycles. The Labute approximate surface area is 116 Å². The van der Waals surface area contributed by atoms with Gasteiger partial charge in [0, 0.05) is 16.5 Å². The van der Waals surface area contributed by atoms with E-state index in [1.54, 1.807) is 12.1 Å². The number of hydrogen-bond donors (Lipinski definition) is 1. The van der Waals surface area contributed by atoms with Gasteiger partial charge in [-0.25, -0.2) is 0 Å². The van der Waals surface area contributed by atoms with Gasteiger partial charge in [0.25, 0.3) is 0 Å². The Morgan fingerprint density at radius 3 is 2.55 bits per heavy atom. The number of hydrogen-bond acceptors (Lipinski definition) is 3. The van der Waals surface area contributed by atoms with Crippen LogP contribution in [0.1, 0.15) is 5.56 Å². The Bertz CT molecular complexity index is 766. The molecule has 3 rings (SSSR count). The zero-order chi connectivity index (χ0) is 14.3. The Kier molecular flexibility index (Phi) is 2.90. The lowest BCUT2D eigenvalue weighted by Crippen LogP contribution is -2.06. The first-order valence-corrected chi connectivity index (χ1v) is 6.58. The minimum Gasteiger partial charge on any atom is -0.507 e. The SMILES string of the molecule is Oc1c(-c2cccs2)cnc2c(C(F)(F)F)cccc12. The monoisotopic (exact) mass is 295 g/mol. The number of pyridine rings is 1. The molecule has 1 aromatic carbocycles. The Morgan fingerprint density at radius 1 is 1.10 bits per heavy atom. The zero-order valence-corrected chi connectivity index (χ0v) is 10.8. The second-order valence-corrected chi connectivity index (χ2v) is 5.14. The van der Waals surface area contributed by atoms with Gasteiger partial charge < -0.3 is 5.11 Å². The number of alkyl halides is 3. The van der Waals surface area contributed by atoms with Gasteiger partial charge in [-0.1, -0.05) is 12.1 Å². The van der Waals surface area contributed by atoms with Crippen LogP contribution in [0.4, 0.5) is 13.2 Å². The number of aromatic hydroxyl groups is 1. The number of aromatic nitrogens is 1. The number of benzene rings is 1. The fourth-order valence-corrected chi connectivity index (χ4v) is 2.79. The van der Waals surface area contributed by atoms with Gasteiger partial charge in [-0.15, -0.1) is 11.3 Å². The van der Waals surface area contributed by atoms with Crippen molar-refractivity contribution in [2.45, 2.75) is 6.18 Å². The first-order chi connectivity index (χ1) is 9.48. The standard InChI is InChI=1S/C14H8F3NOS/c15-14(16,17)10-4-1-3-8-12(10)18-7-9(13(8)19)11-5-2-6-20-11/h1-7H,(H,18,19). The van der Waals surface area contributed by atoms with E-state index in [4.69, 9.17) is 0 Å². The third-order valence-electron chi connectivity index (χ3n) is 2.96. The highest BCUT2D eigenvalue weighted by Crippen LogP contribution is 2.40. The predicted molar refractivity (Wildman–Crippen MR) is 71.7 cm³/mol. The first-order valence-electron chi connectivity index (χ1n) is 5.70. The van der Waals surface area contributed by atoms with Crippen LogP contribution in [0.25, 0.3) is 21.3 Å². The largest absolute Gasteiger partial charge is 0.507 e. The van der Waals surface area contributed by atoms with Crippen LogP contribution in [0.2, 0.25) is 0 Å². The quantitative estimate of drug-likeness (QED) is 0.706. The molecule has 0 radical (unpaired) electrons. The zero-order valence-electron chi connectivity index (χ0n) is 9.98. The molecule has 102 valence electrons. The van der Waals surface area contributed by atoms with Crippen molar-refractivity contribution in [2.75, 3.05) is 0 Å². The molecular weight excluding hydrogens is 287 g/mol. The van der Waals surface area contributed by atoms with Crippen molar-refractivity contribution in [2.24, 2.45) is 0 Å². The molecule has 3 aromatic rings. The van der Waals surface area contributed by atoms with Gasteiger partial charge in [0.1, 0.15) is 5.75 Å². The van der Waals surface area contributed by atoms with Crippen molar-refractivity contribution in [3.8, 4) is 16.2 Å². The van der Waals surface area contributed by atoms with E-state index in [9.17, 15) is 18.3 Å². The molecule has 0 fully saturated rings. The topological polar surface area (TPSA) is 33.1 Å². The highest BCUT2D eigenvalue weighted by molar-refractivity contribution is 7.13. The Morgan fingerprint density at radius 2 is 1.90 bits per heavy atom. The van der Waals surface area contributed by atoms with Gasteiger partial charge in [0.15, 0.2) is 0 Å². The van der Waals surface area contributed by atoms with Crippen molar-refractivity contribution in [1.82, 2.24) is 4.98 Å². The molecule has 0 spiro atoms. The van der Waals surface area contributed by atoms with Crippen LogP contribution in [0.3, 0.4) is 0 Å². The molecule has 0 bridgehead atoms. The van der Waals surface area contributed by atoms with Crippen LogP contribution in [-0.4, -0.2) is 10.1 Å². The van der Waals surface area contributed by atoms with Crippen LogP contribution < -0.4 is 0 Å². The molecule has 2 nitrogen and oxygen atoms in total. The van der Waals surface area contributed by atoms with E-state index in [2.05, 4.69) is 4.98 Å². The lowest BCUT2D eigenvalue weighted by molar-refractivity contribution is -0.136. The smallest absolute Gasteiger partial charge is 0.418 e. The number of rotatable bonds is 1. The average molecular weight is 295 g/mol. The van der Waals surface area contributed by atoms with E-state index in [-0.39, 0.29) is 16.7 Å². The number of fused-ring (bicyclic) bond motifs is 1. The van der Waals surface area contributed by atoms with E-state index in [1.165, 1.54) is 29.7 Å². The van der Waals surface area contributed by atoms with Crippen LogP contribution in [0.5, 0.6) is 5.75 Å². The third-order valence-corrected chi connectivity index (χ3v) is 3.86. The van der Waals surface area contributed by atoms with Crippen molar-refractivity contribution in [1.29, 1.82) is 0 Å². The number of halogens is 3. The maximum atomic E-state index is 12.9. The molecule has 1 N–H and O–H groups in total. The van der Waals surface area contributed by atoms with Crippen LogP contribution >= 0.6 is 11.3 Å². The van der Waals surface area contributed by atoms with Gasteiger partial charge in [-0.05, 0) is 23.6 Å². The number of nitrogens with zero attached hydrogens (tertiary/aromatic N) is 1. The molecule has 0 aliphatic rings. The van der Waals surface area contributed by atoms with E-state index >= 15 is 0 Å². The van der Waals surface area contributed by atoms with E-state index in [0.29, 0.717) is 5.56 Å². The Hall–Kier alpha value is -2.08. The summed E-state index contributed by atoms with van der Waals surface area (Å²) in [5.74, 6) is -0.177. The summed E-state index contributed by atoms with van der Waals surface area (Å²) in [5, 5.41) is 12.1. The molecule has 20 heavy (non-hydrogen) atoms. The van der Waals surface area contributed by atoms with E-state index < -0.39 is 11.7 Å². The van der Waals surface area contributed by atoms with Crippen molar-refractivity contribution >= 4 is 22.2 Å². The molecule has 0 amide bonds. The molecular formula is C14H8F3NOS. The summed E-state index contributed by atoms with van der Waals surface area (Å²) in [6.07, 6.45) is -3.22.